The van der Waals surface area contributed by atoms with Gasteiger partial charge in [0.1, 0.15) is 17.7 Å². The van der Waals surface area contributed by atoms with Crippen molar-refractivity contribution in [1.82, 2.24) is 5.06 Å². The molecule has 1 spiro atoms. The van der Waals surface area contributed by atoms with Crippen LogP contribution in [-0.2, 0) is 14.5 Å². The molecule has 1 amide bonds. The summed E-state index contributed by atoms with van der Waals surface area (Å²) in [5.41, 5.74) is -1.21. The van der Waals surface area contributed by atoms with Crippen molar-refractivity contribution in [3.63, 3.8) is 0 Å². The number of aliphatic hydroxyl groups is 2. The van der Waals surface area contributed by atoms with Gasteiger partial charge in [-0.25, -0.2) is 0 Å². The molecule has 7 heteroatoms. The number of ketones is 1. The van der Waals surface area contributed by atoms with E-state index >= 15 is 0 Å². The van der Waals surface area contributed by atoms with Crippen molar-refractivity contribution in [3.05, 3.63) is 12.2 Å². The van der Waals surface area contributed by atoms with Crippen molar-refractivity contribution in [1.29, 1.82) is 0 Å². The minimum Gasteiger partial charge on any atom is -0.387 e. The molecule has 7 nitrogen and oxygen atoms in total. The first kappa shape index (κ1) is 10.2. The third-order valence-electron chi connectivity index (χ3n) is 2.78. The van der Waals surface area contributed by atoms with E-state index in [1.807, 2.05) is 0 Å². The molecule has 3 atom stereocenters. The van der Waals surface area contributed by atoms with Gasteiger partial charge in [0.25, 0.3) is 5.91 Å². The second kappa shape index (κ2) is 3.11. The molecular formula is C8H10N2O5. The van der Waals surface area contributed by atoms with Crippen LogP contribution in [0.5, 0.6) is 0 Å². The van der Waals surface area contributed by atoms with E-state index in [1.165, 1.54) is 6.08 Å². The Balaban J connectivity index is 2.34. The van der Waals surface area contributed by atoms with E-state index in [0.717, 1.165) is 11.1 Å². The van der Waals surface area contributed by atoms with Crippen molar-refractivity contribution in [3.8, 4) is 0 Å². The van der Waals surface area contributed by atoms with E-state index in [4.69, 9.17) is 5.90 Å². The molecule has 1 saturated heterocycles. The number of rotatable bonds is 1. The fraction of sp³-hybridized carbons (Fsp3) is 0.500. The van der Waals surface area contributed by atoms with Crippen LogP contribution in [-0.4, -0.2) is 44.7 Å². The molecule has 2 aliphatic rings. The molecule has 0 radical (unpaired) electrons. The van der Waals surface area contributed by atoms with Crippen LogP contribution in [0.2, 0.25) is 0 Å². The van der Waals surface area contributed by atoms with Gasteiger partial charge in [0.15, 0.2) is 5.78 Å². The second-order valence-corrected chi connectivity index (χ2v) is 3.59. The summed E-state index contributed by atoms with van der Waals surface area (Å²) in [5, 5.41) is 19.8. The fourth-order valence-electron chi connectivity index (χ4n) is 1.89. The van der Waals surface area contributed by atoms with Gasteiger partial charge in [-0.15, -0.1) is 0 Å². The Hall–Kier alpha value is -1.28. The van der Waals surface area contributed by atoms with E-state index < -0.39 is 29.4 Å². The molecule has 1 fully saturated rings. The minimum atomic E-state index is -1.55. The summed E-state index contributed by atoms with van der Waals surface area (Å²) in [6.45, 7) is 0. The number of hydrogen-bond donors (Lipinski definition) is 3. The fourth-order valence-corrected chi connectivity index (χ4v) is 1.89. The quantitative estimate of drug-likeness (QED) is 0.332. The molecule has 15 heavy (non-hydrogen) atoms. The highest BCUT2D eigenvalue weighted by Crippen LogP contribution is 2.39. The maximum atomic E-state index is 11.1. The summed E-state index contributed by atoms with van der Waals surface area (Å²) < 4.78 is 0. The predicted molar refractivity (Wildman–Crippen MR) is 45.6 cm³/mol. The average molecular weight is 214 g/mol. The molecule has 1 aliphatic carbocycles. The first-order valence-electron chi connectivity index (χ1n) is 4.32. The van der Waals surface area contributed by atoms with Gasteiger partial charge in [-0.2, -0.15) is 15.9 Å². The van der Waals surface area contributed by atoms with Crippen molar-refractivity contribution in [2.24, 2.45) is 5.90 Å². The molecule has 82 valence electrons. The first-order valence-corrected chi connectivity index (χ1v) is 4.32. The molecule has 1 unspecified atom stereocenters. The molecule has 0 aromatic heterocycles. The van der Waals surface area contributed by atoms with Crippen LogP contribution < -0.4 is 5.90 Å². The third-order valence-corrected chi connectivity index (χ3v) is 2.78. The smallest absolute Gasteiger partial charge is 0.251 e. The van der Waals surface area contributed by atoms with E-state index in [0.29, 0.717) is 0 Å². The molecule has 0 saturated carbocycles. The highest BCUT2D eigenvalue weighted by Gasteiger charge is 2.60. The highest BCUT2D eigenvalue weighted by atomic mass is 16.8. The summed E-state index contributed by atoms with van der Waals surface area (Å²) in [4.78, 5) is 26.4. The number of carbonyl (C=O) groups excluding carboxylic acids is 2. The van der Waals surface area contributed by atoms with Gasteiger partial charge in [0.05, 0.1) is 6.42 Å². The van der Waals surface area contributed by atoms with Crippen LogP contribution in [0.3, 0.4) is 0 Å². The lowest BCUT2D eigenvalue weighted by atomic mass is 9.74. The predicted octanol–water partition coefficient (Wildman–Crippen LogP) is -2.38. The van der Waals surface area contributed by atoms with Crippen LogP contribution >= 0.6 is 0 Å². The molecule has 1 aliphatic heterocycles. The number of amides is 1. The summed E-state index contributed by atoms with van der Waals surface area (Å²) in [5.74, 6) is 3.84. The SMILES string of the molecule is NON1C(=O)CC12C=CC(=O)[C@@H](O)[C@H]2O. The summed E-state index contributed by atoms with van der Waals surface area (Å²) in [6, 6.07) is 0. The average Bonchev–Trinajstić information content (AvgIpc) is 2.19. The van der Waals surface area contributed by atoms with Gasteiger partial charge in [-0.3, -0.25) is 9.59 Å². The summed E-state index contributed by atoms with van der Waals surface area (Å²) >= 11 is 0. The van der Waals surface area contributed by atoms with E-state index in [-0.39, 0.29) is 6.42 Å². The van der Waals surface area contributed by atoms with E-state index in [1.54, 1.807) is 0 Å². The lowest BCUT2D eigenvalue weighted by molar-refractivity contribution is -0.272. The summed E-state index contributed by atoms with van der Waals surface area (Å²) in [7, 11) is 0. The van der Waals surface area contributed by atoms with Crippen LogP contribution in [0.15, 0.2) is 12.2 Å². The molecule has 1 heterocycles. The van der Waals surface area contributed by atoms with Crippen LogP contribution in [0, 0.1) is 0 Å². The van der Waals surface area contributed by atoms with Crippen LogP contribution in [0.4, 0.5) is 0 Å². The number of nitrogens with zero attached hydrogens (tertiary/aromatic N) is 1. The van der Waals surface area contributed by atoms with Crippen LogP contribution in [0.25, 0.3) is 0 Å². The van der Waals surface area contributed by atoms with Gasteiger partial charge >= 0.3 is 0 Å². The van der Waals surface area contributed by atoms with Gasteiger partial charge in [-0.05, 0) is 12.2 Å². The number of nitrogens with two attached hydrogens (primary N) is 1. The van der Waals surface area contributed by atoms with Crippen molar-refractivity contribution >= 4 is 11.7 Å². The Morgan fingerprint density at radius 3 is 2.73 bits per heavy atom. The number of β-lactam (4-membered cyclic amide) rings is 1. The largest absolute Gasteiger partial charge is 0.387 e. The Kier molecular flexibility index (Phi) is 2.12. The topological polar surface area (TPSA) is 113 Å². The number of hydroxylamine groups is 2. The van der Waals surface area contributed by atoms with Crippen molar-refractivity contribution < 1.29 is 24.7 Å². The number of carbonyl (C=O) groups is 2. The molecule has 0 aromatic carbocycles. The first-order chi connectivity index (χ1) is 7.03. The monoisotopic (exact) mass is 214 g/mol. The number of hydrogen-bond acceptors (Lipinski definition) is 6. The normalized spacial score (nSPS) is 39.8. The van der Waals surface area contributed by atoms with Gasteiger partial charge in [-0.1, -0.05) is 0 Å². The standard InChI is InChI=1S/C8H10N2O5/c9-15-10-5(12)3-8(10)2-1-4(11)6(13)7(8)14/h1-2,6-7,13-14H,3,9H2/t6-,7-,8?/m1/s1. The Bertz CT molecular complexity index is 355. The van der Waals surface area contributed by atoms with E-state index in [9.17, 15) is 19.8 Å². The second-order valence-electron chi connectivity index (χ2n) is 3.59. The molecule has 2 rings (SSSR count). The number of aliphatic hydroxyl groups excluding tert-OH is 2. The van der Waals surface area contributed by atoms with Gasteiger partial charge < -0.3 is 10.2 Å². The van der Waals surface area contributed by atoms with Crippen LogP contribution in [0.1, 0.15) is 6.42 Å². The van der Waals surface area contributed by atoms with Crippen molar-refractivity contribution in [2.75, 3.05) is 0 Å². The van der Waals surface area contributed by atoms with E-state index in [2.05, 4.69) is 4.94 Å². The Labute approximate surface area is 84.6 Å². The van der Waals surface area contributed by atoms with Crippen molar-refractivity contribution in [2.45, 2.75) is 24.2 Å². The lowest BCUT2D eigenvalue weighted by Crippen LogP contribution is -2.72. The molecule has 0 aromatic rings. The minimum absolute atomic E-state index is 0.0494. The van der Waals surface area contributed by atoms with Gasteiger partial charge in [0, 0.05) is 0 Å². The Morgan fingerprint density at radius 2 is 2.20 bits per heavy atom. The zero-order valence-corrected chi connectivity index (χ0v) is 7.66. The molecule has 4 N–H and O–H groups in total. The molecule has 0 bridgehead atoms. The molecular weight excluding hydrogens is 204 g/mol. The van der Waals surface area contributed by atoms with Gasteiger partial charge in [0.2, 0.25) is 0 Å². The summed E-state index contributed by atoms with van der Waals surface area (Å²) in [6.07, 6.45) is -0.597. The highest BCUT2D eigenvalue weighted by molar-refractivity contribution is 5.97. The third kappa shape index (κ3) is 1.15. The Morgan fingerprint density at radius 1 is 1.53 bits per heavy atom. The maximum absolute atomic E-state index is 11.1. The lowest BCUT2D eigenvalue weighted by Gasteiger charge is -2.51. The zero-order valence-electron chi connectivity index (χ0n) is 7.66. The zero-order chi connectivity index (χ0) is 11.2. The maximum Gasteiger partial charge on any atom is 0.251 e.